The molecule has 0 spiro atoms. The third-order valence-electron chi connectivity index (χ3n) is 4.91. The molecule has 5 rings (SSSR count). The third-order valence-corrected chi connectivity index (χ3v) is 4.91. The first-order chi connectivity index (χ1) is 13.7. The van der Waals surface area contributed by atoms with Gasteiger partial charge >= 0.3 is 0 Å². The summed E-state index contributed by atoms with van der Waals surface area (Å²) in [6.07, 6.45) is 0. The minimum absolute atomic E-state index is 0.00494. The molecule has 136 valence electrons. The largest absolute Gasteiger partial charge is 0.451 e. The van der Waals surface area contributed by atoms with Crippen molar-refractivity contribution < 1.29 is 14.0 Å². The molecule has 2 heterocycles. The molecule has 1 aromatic heterocycles. The number of fused-ring (bicyclic) bond motifs is 2. The SMILES string of the molecule is O=C(Nc1ccc(N2Cc3ccccc3C2=O)cc1)c1cc2ccccc2o1. The summed E-state index contributed by atoms with van der Waals surface area (Å²) in [5.74, 6) is -0.0567. The maximum atomic E-state index is 12.6. The molecule has 1 aliphatic heterocycles. The number of hydrogen-bond acceptors (Lipinski definition) is 3. The molecular weight excluding hydrogens is 352 g/mol. The number of furan rings is 1. The number of amides is 2. The Hall–Kier alpha value is -3.86. The molecule has 3 aromatic carbocycles. The van der Waals surface area contributed by atoms with Crippen LogP contribution >= 0.6 is 0 Å². The maximum absolute atomic E-state index is 12.6. The first-order valence-electron chi connectivity index (χ1n) is 8.99. The summed E-state index contributed by atoms with van der Waals surface area (Å²) in [7, 11) is 0. The van der Waals surface area contributed by atoms with Gasteiger partial charge in [0, 0.05) is 22.3 Å². The van der Waals surface area contributed by atoms with Crippen LogP contribution in [0.15, 0.2) is 83.3 Å². The van der Waals surface area contributed by atoms with Gasteiger partial charge in [0.25, 0.3) is 11.8 Å². The van der Waals surface area contributed by atoms with Crippen LogP contribution in [0.25, 0.3) is 11.0 Å². The highest BCUT2D eigenvalue weighted by molar-refractivity contribution is 6.10. The van der Waals surface area contributed by atoms with Crippen molar-refractivity contribution in [2.24, 2.45) is 0 Å². The van der Waals surface area contributed by atoms with Crippen LogP contribution in [0.3, 0.4) is 0 Å². The fourth-order valence-corrected chi connectivity index (χ4v) is 3.47. The number of nitrogens with one attached hydrogen (secondary N) is 1. The first-order valence-corrected chi connectivity index (χ1v) is 8.99. The molecule has 2 amide bonds. The number of carbonyl (C=O) groups excluding carboxylic acids is 2. The fourth-order valence-electron chi connectivity index (χ4n) is 3.47. The van der Waals surface area contributed by atoms with E-state index in [0.29, 0.717) is 17.8 Å². The van der Waals surface area contributed by atoms with E-state index in [9.17, 15) is 9.59 Å². The lowest BCUT2D eigenvalue weighted by Gasteiger charge is -2.16. The number of para-hydroxylation sites is 1. The minimum Gasteiger partial charge on any atom is -0.451 e. The summed E-state index contributed by atoms with van der Waals surface area (Å²) in [4.78, 5) is 26.8. The Labute approximate surface area is 161 Å². The maximum Gasteiger partial charge on any atom is 0.291 e. The molecule has 0 aliphatic carbocycles. The van der Waals surface area contributed by atoms with Gasteiger partial charge < -0.3 is 14.6 Å². The van der Waals surface area contributed by atoms with Crippen molar-refractivity contribution in [1.29, 1.82) is 0 Å². The van der Waals surface area contributed by atoms with Crippen LogP contribution in [-0.4, -0.2) is 11.8 Å². The van der Waals surface area contributed by atoms with Gasteiger partial charge in [0.2, 0.25) is 0 Å². The molecule has 0 fully saturated rings. The Morgan fingerprint density at radius 1 is 0.929 bits per heavy atom. The van der Waals surface area contributed by atoms with Gasteiger partial charge in [0.15, 0.2) is 5.76 Å². The molecule has 0 atom stereocenters. The second-order valence-corrected chi connectivity index (χ2v) is 6.70. The van der Waals surface area contributed by atoms with E-state index in [1.54, 1.807) is 23.1 Å². The van der Waals surface area contributed by atoms with Crippen molar-refractivity contribution in [3.8, 4) is 0 Å². The number of carbonyl (C=O) groups is 2. The smallest absolute Gasteiger partial charge is 0.291 e. The predicted molar refractivity (Wildman–Crippen MR) is 108 cm³/mol. The molecule has 28 heavy (non-hydrogen) atoms. The quantitative estimate of drug-likeness (QED) is 0.562. The van der Waals surface area contributed by atoms with E-state index in [1.165, 1.54) is 0 Å². The van der Waals surface area contributed by atoms with E-state index in [4.69, 9.17) is 4.42 Å². The zero-order valence-corrected chi connectivity index (χ0v) is 14.9. The minimum atomic E-state index is -0.311. The van der Waals surface area contributed by atoms with Gasteiger partial charge in [-0.1, -0.05) is 36.4 Å². The molecular formula is C23H16N2O3. The topological polar surface area (TPSA) is 62.6 Å². The number of rotatable bonds is 3. The van der Waals surface area contributed by atoms with Crippen LogP contribution in [0, 0.1) is 0 Å². The number of anilines is 2. The Balaban J connectivity index is 1.33. The summed E-state index contributed by atoms with van der Waals surface area (Å²) in [5.41, 5.74) is 3.87. The molecule has 0 saturated carbocycles. The summed E-state index contributed by atoms with van der Waals surface area (Å²) in [6.45, 7) is 0.555. The highest BCUT2D eigenvalue weighted by Gasteiger charge is 2.27. The van der Waals surface area contributed by atoms with Gasteiger partial charge in [0.1, 0.15) is 5.58 Å². The van der Waals surface area contributed by atoms with Gasteiger partial charge in [-0.15, -0.1) is 0 Å². The summed E-state index contributed by atoms with van der Waals surface area (Å²) in [6, 6.07) is 24.1. The van der Waals surface area contributed by atoms with Crippen molar-refractivity contribution in [1.82, 2.24) is 0 Å². The van der Waals surface area contributed by atoms with Crippen LogP contribution in [0.4, 0.5) is 11.4 Å². The summed E-state index contributed by atoms with van der Waals surface area (Å²) in [5, 5.41) is 3.71. The van der Waals surface area contributed by atoms with E-state index in [2.05, 4.69) is 5.32 Å². The Kier molecular flexibility index (Phi) is 3.72. The fraction of sp³-hybridized carbons (Fsp3) is 0.0435. The van der Waals surface area contributed by atoms with Gasteiger partial charge in [-0.2, -0.15) is 0 Å². The Morgan fingerprint density at radius 3 is 2.46 bits per heavy atom. The lowest BCUT2D eigenvalue weighted by atomic mass is 10.1. The van der Waals surface area contributed by atoms with Gasteiger partial charge in [-0.05, 0) is 48.0 Å². The van der Waals surface area contributed by atoms with E-state index >= 15 is 0 Å². The molecule has 5 nitrogen and oxygen atoms in total. The van der Waals surface area contributed by atoms with Gasteiger partial charge in [-0.25, -0.2) is 0 Å². The first kappa shape index (κ1) is 16.3. The predicted octanol–water partition coefficient (Wildman–Crippen LogP) is 4.85. The molecule has 5 heteroatoms. The molecule has 0 saturated heterocycles. The van der Waals surface area contributed by atoms with E-state index in [1.807, 2.05) is 60.7 Å². The molecule has 4 aromatic rings. The normalized spacial score (nSPS) is 13.0. The van der Waals surface area contributed by atoms with Crippen LogP contribution in [0.1, 0.15) is 26.5 Å². The summed E-state index contributed by atoms with van der Waals surface area (Å²) < 4.78 is 5.59. The van der Waals surface area contributed by atoms with Gasteiger partial charge in [0.05, 0.1) is 6.54 Å². The third kappa shape index (κ3) is 2.74. The van der Waals surface area contributed by atoms with Crippen molar-refractivity contribution in [3.63, 3.8) is 0 Å². The lowest BCUT2D eigenvalue weighted by molar-refractivity contribution is 0.0989. The zero-order valence-electron chi connectivity index (χ0n) is 14.9. The second-order valence-electron chi connectivity index (χ2n) is 6.70. The molecule has 1 N–H and O–H groups in total. The van der Waals surface area contributed by atoms with E-state index < -0.39 is 0 Å². The number of nitrogens with zero attached hydrogens (tertiary/aromatic N) is 1. The molecule has 0 bridgehead atoms. The number of benzene rings is 3. The van der Waals surface area contributed by atoms with Crippen LogP contribution in [0.2, 0.25) is 0 Å². The molecule has 0 unspecified atom stereocenters. The van der Waals surface area contributed by atoms with Gasteiger partial charge in [-0.3, -0.25) is 9.59 Å². The van der Waals surface area contributed by atoms with Crippen molar-refractivity contribution >= 4 is 34.2 Å². The van der Waals surface area contributed by atoms with Crippen molar-refractivity contribution in [3.05, 3.63) is 95.7 Å². The van der Waals surface area contributed by atoms with E-state index in [0.717, 1.165) is 22.2 Å². The Morgan fingerprint density at radius 2 is 1.68 bits per heavy atom. The average molecular weight is 368 g/mol. The zero-order chi connectivity index (χ0) is 19.1. The lowest BCUT2D eigenvalue weighted by Crippen LogP contribution is -2.22. The number of hydrogen-bond donors (Lipinski definition) is 1. The van der Waals surface area contributed by atoms with Crippen molar-refractivity contribution in [2.45, 2.75) is 6.54 Å². The Bertz CT molecular complexity index is 1170. The van der Waals surface area contributed by atoms with E-state index in [-0.39, 0.29) is 17.6 Å². The average Bonchev–Trinajstić information content (AvgIpc) is 3.30. The highest BCUT2D eigenvalue weighted by Crippen LogP contribution is 2.29. The molecule has 0 radical (unpaired) electrons. The second kappa shape index (κ2) is 6.39. The monoisotopic (exact) mass is 368 g/mol. The highest BCUT2D eigenvalue weighted by atomic mass is 16.3. The summed E-state index contributed by atoms with van der Waals surface area (Å²) >= 11 is 0. The van der Waals surface area contributed by atoms with Crippen LogP contribution in [-0.2, 0) is 6.54 Å². The van der Waals surface area contributed by atoms with Crippen LogP contribution in [0.5, 0.6) is 0 Å². The van der Waals surface area contributed by atoms with Crippen LogP contribution < -0.4 is 10.2 Å². The molecule has 1 aliphatic rings. The van der Waals surface area contributed by atoms with Crippen molar-refractivity contribution in [2.75, 3.05) is 10.2 Å². The standard InChI is InChI=1S/C23H16N2O3/c26-22(21-13-15-5-2-4-8-20(15)28-21)24-17-9-11-18(12-10-17)25-14-16-6-1-3-7-19(16)23(25)27/h1-13H,14H2,(H,24,26).